The van der Waals surface area contributed by atoms with Crippen LogP contribution in [-0.4, -0.2) is 19.8 Å². The summed E-state index contributed by atoms with van der Waals surface area (Å²) in [5.74, 6) is 1.27. The number of rotatable bonds is 4. The number of hydrogen-bond donors (Lipinski definition) is 1. The molecular weight excluding hydrogens is 323 g/mol. The van der Waals surface area contributed by atoms with Crippen LogP contribution in [-0.2, 0) is 5.60 Å². The molecule has 0 aromatic heterocycles. The van der Waals surface area contributed by atoms with E-state index in [-0.39, 0.29) is 5.92 Å². The third-order valence-corrected chi connectivity index (χ3v) is 7.08. The average Bonchev–Trinajstić information content (AvgIpc) is 2.44. The molecule has 0 aliphatic heterocycles. The van der Waals surface area contributed by atoms with Crippen LogP contribution in [0.4, 0.5) is 0 Å². The van der Waals surface area contributed by atoms with Gasteiger partial charge in [-0.3, -0.25) is 0 Å². The molecule has 1 N–H and O–H groups in total. The zero-order chi connectivity index (χ0) is 15.5. The standard InChI is InChI=1S/C18H25AsO2/c1-5-21-17-11-7-9-15(12-17)18(20)14(2)8-6-10-16(18)13-19(3)4/h1,7,9,11-12,14,16,20H,6,8,10,13H2,2-4H3. The second kappa shape index (κ2) is 6.91. The third-order valence-electron chi connectivity index (χ3n) is 4.62. The van der Waals surface area contributed by atoms with Gasteiger partial charge in [0.2, 0.25) is 0 Å². The van der Waals surface area contributed by atoms with Gasteiger partial charge < -0.3 is 0 Å². The molecule has 0 radical (unpaired) electrons. The van der Waals surface area contributed by atoms with E-state index in [4.69, 9.17) is 11.2 Å². The Morgan fingerprint density at radius 3 is 2.86 bits per heavy atom. The monoisotopic (exact) mass is 348 g/mol. The molecular formula is C18H25AsO2. The van der Waals surface area contributed by atoms with Gasteiger partial charge in [0.1, 0.15) is 0 Å². The van der Waals surface area contributed by atoms with Gasteiger partial charge in [-0.25, -0.2) is 0 Å². The van der Waals surface area contributed by atoms with Crippen molar-refractivity contribution in [3.63, 3.8) is 0 Å². The molecule has 1 fully saturated rings. The zero-order valence-corrected chi connectivity index (χ0v) is 15.0. The van der Waals surface area contributed by atoms with Gasteiger partial charge in [0.25, 0.3) is 0 Å². The van der Waals surface area contributed by atoms with Gasteiger partial charge >= 0.3 is 133 Å². The SMILES string of the molecule is C#COc1cccc(C2(O)C(C)CCCC2C[As](C)C)c1. The quantitative estimate of drug-likeness (QED) is 0.657. The molecule has 2 nitrogen and oxygen atoms in total. The Kier molecular flexibility index (Phi) is 5.42. The molecule has 1 aliphatic rings. The van der Waals surface area contributed by atoms with Crippen LogP contribution < -0.4 is 4.74 Å². The van der Waals surface area contributed by atoms with Crippen LogP contribution in [0, 0.1) is 24.4 Å². The summed E-state index contributed by atoms with van der Waals surface area (Å²) in [5.41, 5.74) is 4.95. The van der Waals surface area contributed by atoms with E-state index in [1.165, 1.54) is 11.6 Å². The van der Waals surface area contributed by atoms with Crippen LogP contribution in [0.3, 0.4) is 0 Å². The fraction of sp³-hybridized carbons (Fsp3) is 0.556. The Morgan fingerprint density at radius 2 is 2.19 bits per heavy atom. The molecule has 1 aliphatic carbocycles. The van der Waals surface area contributed by atoms with Crippen molar-refractivity contribution in [2.24, 2.45) is 11.8 Å². The molecule has 3 unspecified atom stereocenters. The first-order valence-electron chi connectivity index (χ1n) is 7.58. The Bertz CT molecular complexity index is 520. The minimum atomic E-state index is -0.791. The summed E-state index contributed by atoms with van der Waals surface area (Å²) in [6.45, 7) is 2.17. The van der Waals surface area contributed by atoms with Crippen LogP contribution >= 0.6 is 0 Å². The Labute approximate surface area is 133 Å². The van der Waals surface area contributed by atoms with E-state index in [1.807, 2.05) is 24.3 Å². The van der Waals surface area contributed by atoms with Crippen molar-refractivity contribution >= 4 is 14.7 Å². The summed E-state index contributed by atoms with van der Waals surface area (Å²) in [4.78, 5) is 0. The fourth-order valence-corrected chi connectivity index (χ4v) is 6.40. The van der Waals surface area contributed by atoms with Crippen molar-refractivity contribution in [1.29, 1.82) is 0 Å². The number of ether oxygens (including phenoxy) is 1. The Balaban J connectivity index is 2.38. The Hall–Kier alpha value is -0.902. The fourth-order valence-electron chi connectivity index (χ4n) is 3.58. The van der Waals surface area contributed by atoms with E-state index in [0.29, 0.717) is 11.7 Å². The van der Waals surface area contributed by atoms with Crippen LogP contribution in [0.1, 0.15) is 31.7 Å². The van der Waals surface area contributed by atoms with Crippen LogP contribution in [0.2, 0.25) is 16.6 Å². The first-order valence-corrected chi connectivity index (χ1v) is 12.7. The van der Waals surface area contributed by atoms with E-state index >= 15 is 0 Å². The first-order chi connectivity index (χ1) is 9.98. The molecule has 1 aromatic carbocycles. The summed E-state index contributed by atoms with van der Waals surface area (Å²) < 4.78 is 5.16. The number of hydrogen-bond acceptors (Lipinski definition) is 2. The van der Waals surface area contributed by atoms with Crippen molar-refractivity contribution in [2.45, 2.75) is 48.4 Å². The summed E-state index contributed by atoms with van der Waals surface area (Å²) in [5, 5.41) is 12.7. The van der Waals surface area contributed by atoms with Crippen molar-refractivity contribution < 1.29 is 9.84 Å². The van der Waals surface area contributed by atoms with Crippen molar-refractivity contribution in [3.05, 3.63) is 29.8 Å². The van der Waals surface area contributed by atoms with Gasteiger partial charge in [-0.1, -0.05) is 0 Å². The topological polar surface area (TPSA) is 29.5 Å². The molecule has 1 saturated carbocycles. The van der Waals surface area contributed by atoms with Gasteiger partial charge in [0, 0.05) is 0 Å². The molecule has 2 rings (SSSR count). The van der Waals surface area contributed by atoms with E-state index in [2.05, 4.69) is 24.5 Å². The summed E-state index contributed by atoms with van der Waals surface area (Å²) in [6, 6.07) is 7.69. The molecule has 0 heterocycles. The average molecular weight is 348 g/mol. The normalized spacial score (nSPS) is 29.1. The number of benzene rings is 1. The Morgan fingerprint density at radius 1 is 1.43 bits per heavy atom. The molecule has 21 heavy (non-hydrogen) atoms. The number of aliphatic hydroxyl groups is 1. The summed E-state index contributed by atoms with van der Waals surface area (Å²) in [6.07, 6.45) is 10.8. The minimum absolute atomic E-state index is 0.270. The van der Waals surface area contributed by atoms with Crippen molar-refractivity contribution in [1.82, 2.24) is 0 Å². The van der Waals surface area contributed by atoms with Gasteiger partial charge in [0.15, 0.2) is 0 Å². The molecule has 0 bridgehead atoms. The second-order valence-electron chi connectivity index (χ2n) is 6.36. The van der Waals surface area contributed by atoms with Gasteiger partial charge in [-0.05, 0) is 0 Å². The summed E-state index contributed by atoms with van der Waals surface area (Å²) >= 11 is -0.791. The third kappa shape index (κ3) is 3.47. The molecule has 3 heteroatoms. The zero-order valence-electron chi connectivity index (χ0n) is 13.2. The molecule has 0 amide bonds. The van der Waals surface area contributed by atoms with Crippen molar-refractivity contribution in [2.75, 3.05) is 0 Å². The maximum absolute atomic E-state index is 11.5. The molecule has 0 saturated heterocycles. The van der Waals surface area contributed by atoms with Crippen molar-refractivity contribution in [3.8, 4) is 18.3 Å². The summed E-state index contributed by atoms with van der Waals surface area (Å²) in [7, 11) is 0. The van der Waals surface area contributed by atoms with Gasteiger partial charge in [-0.2, -0.15) is 0 Å². The predicted octanol–water partition coefficient (Wildman–Crippen LogP) is 4.03. The van der Waals surface area contributed by atoms with Crippen LogP contribution in [0.5, 0.6) is 5.75 Å². The second-order valence-corrected chi connectivity index (χ2v) is 11.7. The van der Waals surface area contributed by atoms with E-state index in [1.54, 1.807) is 0 Å². The number of terminal acetylenes is 1. The molecule has 3 atom stereocenters. The molecule has 0 spiro atoms. The van der Waals surface area contributed by atoms with Gasteiger partial charge in [-0.15, -0.1) is 0 Å². The van der Waals surface area contributed by atoms with Gasteiger partial charge in [0.05, 0.1) is 0 Å². The maximum atomic E-state index is 11.5. The van der Waals surface area contributed by atoms with Crippen LogP contribution in [0.15, 0.2) is 24.3 Å². The van der Waals surface area contributed by atoms with E-state index in [0.717, 1.165) is 18.4 Å². The molecule has 114 valence electrons. The van der Waals surface area contributed by atoms with Crippen LogP contribution in [0.25, 0.3) is 0 Å². The first kappa shape index (κ1) is 16.5. The predicted molar refractivity (Wildman–Crippen MR) is 88.6 cm³/mol. The van der Waals surface area contributed by atoms with E-state index < -0.39 is 20.3 Å². The molecule has 1 aromatic rings. The van der Waals surface area contributed by atoms with E-state index in [9.17, 15) is 5.11 Å².